The molecule has 0 fully saturated rings. The van der Waals surface area contributed by atoms with Gasteiger partial charge in [-0.05, 0) is 59.2 Å². The highest BCUT2D eigenvalue weighted by Crippen LogP contribution is 2.24. The normalized spacial score (nSPS) is 11.2. The largest absolute Gasteiger partial charge is 0.336 e. The van der Waals surface area contributed by atoms with Gasteiger partial charge in [-0.25, -0.2) is 4.98 Å². The molecule has 3 rings (SSSR count). The van der Waals surface area contributed by atoms with Gasteiger partial charge >= 0.3 is 0 Å². The number of benzene rings is 1. The predicted molar refractivity (Wildman–Crippen MR) is 97.7 cm³/mol. The van der Waals surface area contributed by atoms with E-state index in [0.717, 1.165) is 20.3 Å². The van der Waals surface area contributed by atoms with Crippen LogP contribution in [0.5, 0.6) is 0 Å². The molecule has 1 aromatic carbocycles. The maximum absolute atomic E-state index is 12.5. The Kier molecular flexibility index (Phi) is 4.34. The van der Waals surface area contributed by atoms with E-state index in [2.05, 4.69) is 38.0 Å². The van der Waals surface area contributed by atoms with E-state index in [4.69, 9.17) is 4.52 Å². The molecule has 1 N–H and O–H groups in total. The van der Waals surface area contributed by atoms with Crippen molar-refractivity contribution in [2.75, 3.05) is 5.32 Å². The van der Waals surface area contributed by atoms with E-state index in [1.165, 1.54) is 11.8 Å². The van der Waals surface area contributed by atoms with Crippen molar-refractivity contribution in [2.45, 2.75) is 26.7 Å². The summed E-state index contributed by atoms with van der Waals surface area (Å²) in [6.45, 7) is 6.08. The third-order valence-corrected chi connectivity index (χ3v) is 4.76. The second kappa shape index (κ2) is 6.27. The molecule has 0 bridgehead atoms. The molecule has 0 aliphatic rings. The van der Waals surface area contributed by atoms with E-state index in [1.807, 2.05) is 39.0 Å². The van der Waals surface area contributed by atoms with Gasteiger partial charge in [0.15, 0.2) is 0 Å². The molecule has 0 spiro atoms. The van der Waals surface area contributed by atoms with Crippen molar-refractivity contribution in [1.82, 2.24) is 10.1 Å². The zero-order valence-corrected chi connectivity index (χ0v) is 15.2. The van der Waals surface area contributed by atoms with Crippen LogP contribution in [0.2, 0.25) is 0 Å². The molecule has 6 heteroatoms. The number of carbonyl (C=O) groups excluding carboxylic acids is 1. The molecule has 0 atom stereocenters. The SMILES string of the molecule is Cc1ccc(NC(=O)c2cnc3onc(C(C)C)c3c2)cc1I. The number of carbonyl (C=O) groups is 1. The summed E-state index contributed by atoms with van der Waals surface area (Å²) in [6, 6.07) is 7.59. The average Bonchev–Trinajstić information content (AvgIpc) is 2.94. The van der Waals surface area contributed by atoms with E-state index in [-0.39, 0.29) is 11.8 Å². The number of hydrogen-bond acceptors (Lipinski definition) is 4. The van der Waals surface area contributed by atoms with E-state index < -0.39 is 0 Å². The Bertz CT molecular complexity index is 887. The number of aryl methyl sites for hydroxylation is 1. The topological polar surface area (TPSA) is 68.0 Å². The highest BCUT2D eigenvalue weighted by molar-refractivity contribution is 14.1. The molecule has 2 aromatic heterocycles. The summed E-state index contributed by atoms with van der Waals surface area (Å²) < 4.78 is 6.31. The smallest absolute Gasteiger partial charge is 0.257 e. The van der Waals surface area contributed by atoms with Crippen molar-refractivity contribution in [3.63, 3.8) is 0 Å². The molecule has 0 saturated carbocycles. The van der Waals surface area contributed by atoms with Crippen molar-refractivity contribution < 1.29 is 9.32 Å². The van der Waals surface area contributed by atoms with E-state index in [1.54, 1.807) is 6.07 Å². The van der Waals surface area contributed by atoms with Crippen LogP contribution in [0, 0.1) is 10.5 Å². The molecule has 0 saturated heterocycles. The van der Waals surface area contributed by atoms with Crippen LogP contribution in [-0.2, 0) is 0 Å². The molecule has 0 aliphatic carbocycles. The first-order valence-corrected chi connectivity index (χ1v) is 8.36. The molecule has 2 heterocycles. The molecule has 5 nitrogen and oxygen atoms in total. The minimum absolute atomic E-state index is 0.199. The quantitative estimate of drug-likeness (QED) is 0.632. The molecular formula is C17H16IN3O2. The van der Waals surface area contributed by atoms with Gasteiger partial charge in [0.1, 0.15) is 0 Å². The van der Waals surface area contributed by atoms with Crippen molar-refractivity contribution >= 4 is 45.3 Å². The number of pyridine rings is 1. The van der Waals surface area contributed by atoms with Crippen LogP contribution >= 0.6 is 22.6 Å². The van der Waals surface area contributed by atoms with E-state index in [9.17, 15) is 4.79 Å². The second-order valence-corrected chi connectivity index (χ2v) is 6.88. The van der Waals surface area contributed by atoms with Gasteiger partial charge in [-0.1, -0.05) is 25.1 Å². The first kappa shape index (κ1) is 15.9. The fraction of sp³-hybridized carbons (Fsp3) is 0.235. The molecule has 3 aromatic rings. The lowest BCUT2D eigenvalue weighted by molar-refractivity contribution is 0.102. The maximum Gasteiger partial charge on any atom is 0.257 e. The maximum atomic E-state index is 12.5. The number of hydrogen-bond donors (Lipinski definition) is 1. The number of aromatic nitrogens is 2. The highest BCUT2D eigenvalue weighted by atomic mass is 127. The summed E-state index contributed by atoms with van der Waals surface area (Å²) in [5.74, 6) is 0.00463. The summed E-state index contributed by atoms with van der Waals surface area (Å²) in [6.07, 6.45) is 1.51. The standard InChI is InChI=1S/C17H16IN3O2/c1-9(2)15-13-6-11(8-19-17(13)23-21-15)16(22)20-12-5-4-10(3)14(18)7-12/h4-9H,1-3H3,(H,20,22). The molecule has 118 valence electrons. The minimum atomic E-state index is -0.199. The molecular weight excluding hydrogens is 405 g/mol. The van der Waals surface area contributed by atoms with Crippen LogP contribution in [0.3, 0.4) is 0 Å². The highest BCUT2D eigenvalue weighted by Gasteiger charge is 2.16. The fourth-order valence-corrected chi connectivity index (χ4v) is 2.78. The van der Waals surface area contributed by atoms with Crippen LogP contribution in [-0.4, -0.2) is 16.0 Å². The first-order chi connectivity index (χ1) is 11.0. The second-order valence-electron chi connectivity index (χ2n) is 5.72. The summed E-state index contributed by atoms with van der Waals surface area (Å²) in [4.78, 5) is 16.6. The minimum Gasteiger partial charge on any atom is -0.336 e. The van der Waals surface area contributed by atoms with Crippen molar-refractivity contribution in [2.24, 2.45) is 0 Å². The number of rotatable bonds is 3. The Balaban J connectivity index is 1.91. The van der Waals surface area contributed by atoms with Gasteiger partial charge in [0.2, 0.25) is 0 Å². The molecule has 1 amide bonds. The lowest BCUT2D eigenvalue weighted by atomic mass is 10.1. The summed E-state index contributed by atoms with van der Waals surface area (Å²) in [7, 11) is 0. The number of anilines is 1. The molecule has 0 radical (unpaired) electrons. The lowest BCUT2D eigenvalue weighted by Gasteiger charge is -2.07. The van der Waals surface area contributed by atoms with Gasteiger partial charge in [0, 0.05) is 15.5 Å². The Hall–Kier alpha value is -1.96. The molecule has 23 heavy (non-hydrogen) atoms. The summed E-state index contributed by atoms with van der Waals surface area (Å²) in [5, 5.41) is 7.71. The van der Waals surface area contributed by atoms with Crippen LogP contribution in [0.4, 0.5) is 5.69 Å². The van der Waals surface area contributed by atoms with Crippen molar-refractivity contribution in [3.8, 4) is 0 Å². The van der Waals surface area contributed by atoms with Crippen LogP contribution in [0.15, 0.2) is 35.0 Å². The Morgan fingerprint density at radius 2 is 2.09 bits per heavy atom. The number of nitrogens with one attached hydrogen (secondary N) is 1. The number of fused-ring (bicyclic) bond motifs is 1. The van der Waals surface area contributed by atoms with Gasteiger partial charge in [0.25, 0.3) is 11.6 Å². The zero-order chi connectivity index (χ0) is 16.6. The van der Waals surface area contributed by atoms with Gasteiger partial charge < -0.3 is 9.84 Å². The monoisotopic (exact) mass is 421 g/mol. The number of nitrogens with zero attached hydrogens (tertiary/aromatic N) is 2. The van der Waals surface area contributed by atoms with E-state index in [0.29, 0.717) is 11.3 Å². The third-order valence-electron chi connectivity index (χ3n) is 3.60. The molecule has 0 aliphatic heterocycles. The number of amides is 1. The lowest BCUT2D eigenvalue weighted by Crippen LogP contribution is -2.12. The first-order valence-electron chi connectivity index (χ1n) is 7.28. The Morgan fingerprint density at radius 1 is 1.30 bits per heavy atom. The van der Waals surface area contributed by atoms with Crippen LogP contribution in [0.1, 0.15) is 41.4 Å². The van der Waals surface area contributed by atoms with Gasteiger partial charge in [-0.3, -0.25) is 4.79 Å². The average molecular weight is 421 g/mol. The predicted octanol–water partition coefficient (Wildman–Crippen LogP) is 4.51. The fourth-order valence-electron chi connectivity index (χ4n) is 2.26. The van der Waals surface area contributed by atoms with Gasteiger partial charge in [-0.15, -0.1) is 0 Å². The Labute approximate surface area is 147 Å². The van der Waals surface area contributed by atoms with Gasteiger partial charge in [0.05, 0.1) is 16.6 Å². The Morgan fingerprint density at radius 3 is 2.78 bits per heavy atom. The summed E-state index contributed by atoms with van der Waals surface area (Å²) >= 11 is 2.25. The molecule has 0 unspecified atom stereocenters. The number of halogens is 1. The summed E-state index contributed by atoms with van der Waals surface area (Å²) in [5.41, 5.74) is 3.69. The third kappa shape index (κ3) is 3.21. The van der Waals surface area contributed by atoms with Crippen LogP contribution in [0.25, 0.3) is 11.1 Å². The zero-order valence-electron chi connectivity index (χ0n) is 13.1. The van der Waals surface area contributed by atoms with Crippen LogP contribution < -0.4 is 5.32 Å². The van der Waals surface area contributed by atoms with Crippen molar-refractivity contribution in [3.05, 3.63) is 50.9 Å². The van der Waals surface area contributed by atoms with Crippen molar-refractivity contribution in [1.29, 1.82) is 0 Å². The van der Waals surface area contributed by atoms with Gasteiger partial charge in [-0.2, -0.15) is 0 Å². The van der Waals surface area contributed by atoms with E-state index >= 15 is 0 Å².